The first-order chi connectivity index (χ1) is 13.1. The van der Waals surface area contributed by atoms with Crippen LogP contribution in [0.5, 0.6) is 5.75 Å². The Morgan fingerprint density at radius 1 is 1.26 bits per heavy atom. The third kappa shape index (κ3) is 3.74. The number of rotatable bonds is 5. The van der Waals surface area contributed by atoms with Gasteiger partial charge in [-0.2, -0.15) is 0 Å². The van der Waals surface area contributed by atoms with Crippen molar-refractivity contribution in [3.8, 4) is 5.75 Å². The van der Waals surface area contributed by atoms with E-state index in [0.29, 0.717) is 24.1 Å². The molecule has 0 amide bonds. The molecule has 2 aromatic carbocycles. The standard InChI is InChI=1S/C22H23FN2O2/c1-27-18-10-19-16(12-24-22(19)20(23)11-18)9-17-14-25(8-7-21(17)26)13-15-5-3-2-4-6-15/h2-6,10-12,17,24H,7-9,13-14H2,1H3. The number of carbonyl (C=O) groups excluding carboxylic acids is 1. The van der Waals surface area contributed by atoms with Gasteiger partial charge < -0.3 is 9.72 Å². The zero-order valence-corrected chi connectivity index (χ0v) is 15.4. The van der Waals surface area contributed by atoms with Gasteiger partial charge in [-0.3, -0.25) is 9.69 Å². The summed E-state index contributed by atoms with van der Waals surface area (Å²) >= 11 is 0. The molecule has 0 spiro atoms. The molecule has 1 saturated heterocycles. The molecule has 140 valence electrons. The van der Waals surface area contributed by atoms with Crippen LogP contribution in [0.2, 0.25) is 0 Å². The summed E-state index contributed by atoms with van der Waals surface area (Å²) in [6, 6.07) is 13.5. The Kier molecular flexibility index (Phi) is 4.94. The third-order valence-electron chi connectivity index (χ3n) is 5.36. The minimum Gasteiger partial charge on any atom is -0.497 e. The van der Waals surface area contributed by atoms with Gasteiger partial charge in [0.25, 0.3) is 0 Å². The number of nitrogens with one attached hydrogen (secondary N) is 1. The Morgan fingerprint density at radius 2 is 2.07 bits per heavy atom. The molecule has 5 heteroatoms. The van der Waals surface area contributed by atoms with Gasteiger partial charge >= 0.3 is 0 Å². The van der Waals surface area contributed by atoms with Gasteiger partial charge in [-0.05, 0) is 23.6 Å². The molecule has 1 aliphatic heterocycles. The second-order valence-corrected chi connectivity index (χ2v) is 7.18. The van der Waals surface area contributed by atoms with E-state index >= 15 is 0 Å². The lowest BCUT2D eigenvalue weighted by atomic mass is 9.89. The number of nitrogens with zero attached hydrogens (tertiary/aromatic N) is 1. The van der Waals surface area contributed by atoms with Crippen molar-refractivity contribution in [2.75, 3.05) is 20.2 Å². The highest BCUT2D eigenvalue weighted by molar-refractivity contribution is 5.87. The van der Waals surface area contributed by atoms with Crippen LogP contribution in [0.4, 0.5) is 4.39 Å². The molecule has 2 heterocycles. The van der Waals surface area contributed by atoms with Crippen LogP contribution in [0.3, 0.4) is 0 Å². The first-order valence-electron chi connectivity index (χ1n) is 9.26. The molecule has 0 bridgehead atoms. The van der Waals surface area contributed by atoms with E-state index in [2.05, 4.69) is 22.0 Å². The number of ether oxygens (including phenoxy) is 1. The number of aromatic nitrogens is 1. The summed E-state index contributed by atoms with van der Waals surface area (Å²) in [5.74, 6) is 0.366. The second kappa shape index (κ2) is 7.53. The fourth-order valence-electron chi connectivity index (χ4n) is 3.91. The molecule has 0 radical (unpaired) electrons. The van der Waals surface area contributed by atoms with Crippen LogP contribution >= 0.6 is 0 Å². The van der Waals surface area contributed by atoms with Crippen LogP contribution in [-0.2, 0) is 17.8 Å². The molecule has 1 aliphatic rings. The van der Waals surface area contributed by atoms with Crippen LogP contribution in [0.1, 0.15) is 17.5 Å². The Bertz CT molecular complexity index is 952. The SMILES string of the molecule is COc1cc(F)c2[nH]cc(CC3CN(Cc4ccccc4)CCC3=O)c2c1. The summed E-state index contributed by atoms with van der Waals surface area (Å²) < 4.78 is 19.4. The first kappa shape index (κ1) is 17.7. The molecule has 1 fully saturated rings. The third-order valence-corrected chi connectivity index (χ3v) is 5.36. The number of likely N-dealkylation sites (tertiary alicyclic amines) is 1. The van der Waals surface area contributed by atoms with E-state index in [4.69, 9.17) is 4.74 Å². The predicted molar refractivity (Wildman–Crippen MR) is 103 cm³/mol. The number of hydrogen-bond acceptors (Lipinski definition) is 3. The van der Waals surface area contributed by atoms with Crippen molar-refractivity contribution in [1.82, 2.24) is 9.88 Å². The maximum absolute atomic E-state index is 14.2. The fraction of sp³-hybridized carbons (Fsp3) is 0.318. The summed E-state index contributed by atoms with van der Waals surface area (Å²) in [4.78, 5) is 17.8. The van der Waals surface area contributed by atoms with Crippen LogP contribution < -0.4 is 4.74 Å². The molecule has 4 rings (SSSR count). The Morgan fingerprint density at radius 3 is 2.85 bits per heavy atom. The number of halogens is 1. The molecule has 1 N–H and O–H groups in total. The number of carbonyl (C=O) groups is 1. The predicted octanol–water partition coefficient (Wildman–Crippen LogP) is 3.95. The van der Waals surface area contributed by atoms with E-state index in [0.717, 1.165) is 30.6 Å². The van der Waals surface area contributed by atoms with Gasteiger partial charge in [-0.15, -0.1) is 0 Å². The van der Waals surface area contributed by atoms with Crippen LogP contribution in [-0.4, -0.2) is 35.9 Å². The number of fused-ring (bicyclic) bond motifs is 1. The molecule has 1 unspecified atom stereocenters. The van der Waals surface area contributed by atoms with E-state index in [1.165, 1.54) is 18.7 Å². The van der Waals surface area contributed by atoms with Crippen LogP contribution in [0.25, 0.3) is 10.9 Å². The second-order valence-electron chi connectivity index (χ2n) is 7.18. The molecule has 1 aromatic heterocycles. The molecule has 27 heavy (non-hydrogen) atoms. The zero-order chi connectivity index (χ0) is 18.8. The van der Waals surface area contributed by atoms with Crippen molar-refractivity contribution in [1.29, 1.82) is 0 Å². The van der Waals surface area contributed by atoms with Gasteiger partial charge in [0, 0.05) is 49.6 Å². The number of benzene rings is 2. The number of Topliss-reactive ketones (excluding diaryl/α,β-unsaturated/α-hetero) is 1. The number of ketones is 1. The molecule has 4 nitrogen and oxygen atoms in total. The van der Waals surface area contributed by atoms with E-state index in [-0.39, 0.29) is 17.5 Å². The van der Waals surface area contributed by atoms with Crippen molar-refractivity contribution in [2.24, 2.45) is 5.92 Å². The lowest BCUT2D eigenvalue weighted by molar-refractivity contribution is -0.126. The zero-order valence-electron chi connectivity index (χ0n) is 15.4. The smallest absolute Gasteiger partial charge is 0.150 e. The Hall–Kier alpha value is -2.66. The maximum atomic E-state index is 14.2. The molecule has 3 aromatic rings. The quantitative estimate of drug-likeness (QED) is 0.744. The van der Waals surface area contributed by atoms with Crippen molar-refractivity contribution in [2.45, 2.75) is 19.4 Å². The monoisotopic (exact) mass is 366 g/mol. The van der Waals surface area contributed by atoms with E-state index in [1.807, 2.05) is 30.5 Å². The van der Waals surface area contributed by atoms with Crippen LogP contribution in [0.15, 0.2) is 48.7 Å². The number of H-pyrrole nitrogens is 1. The normalized spacial score (nSPS) is 18.1. The van der Waals surface area contributed by atoms with E-state index in [9.17, 15) is 9.18 Å². The minimum absolute atomic E-state index is 0.0734. The van der Waals surface area contributed by atoms with Crippen LogP contribution in [0, 0.1) is 11.7 Å². The fourth-order valence-corrected chi connectivity index (χ4v) is 3.91. The van der Waals surface area contributed by atoms with E-state index in [1.54, 1.807) is 0 Å². The average Bonchev–Trinajstić information content (AvgIpc) is 3.08. The number of piperidine rings is 1. The molecular weight excluding hydrogens is 343 g/mol. The minimum atomic E-state index is -0.337. The Labute approximate surface area is 157 Å². The summed E-state index contributed by atoms with van der Waals surface area (Å²) in [6.07, 6.45) is 2.99. The highest BCUT2D eigenvalue weighted by atomic mass is 19.1. The highest BCUT2D eigenvalue weighted by Crippen LogP contribution is 2.29. The highest BCUT2D eigenvalue weighted by Gasteiger charge is 2.28. The molecular formula is C22H23FN2O2. The number of methoxy groups -OCH3 is 1. The largest absolute Gasteiger partial charge is 0.497 e. The lowest BCUT2D eigenvalue weighted by Crippen LogP contribution is -2.41. The first-order valence-corrected chi connectivity index (χ1v) is 9.26. The van der Waals surface area contributed by atoms with Crippen molar-refractivity contribution in [3.05, 3.63) is 65.6 Å². The summed E-state index contributed by atoms with van der Waals surface area (Å²) in [5.41, 5.74) is 2.68. The van der Waals surface area contributed by atoms with Gasteiger partial charge in [-0.1, -0.05) is 30.3 Å². The number of hydrogen-bond donors (Lipinski definition) is 1. The molecule has 0 saturated carbocycles. The summed E-state index contributed by atoms with van der Waals surface area (Å²) in [5, 5.41) is 0.792. The van der Waals surface area contributed by atoms with Gasteiger partial charge in [0.15, 0.2) is 5.82 Å². The van der Waals surface area contributed by atoms with Crippen molar-refractivity contribution in [3.63, 3.8) is 0 Å². The van der Waals surface area contributed by atoms with Crippen molar-refractivity contribution >= 4 is 16.7 Å². The topological polar surface area (TPSA) is 45.3 Å². The Balaban J connectivity index is 1.53. The van der Waals surface area contributed by atoms with Gasteiger partial charge in [0.2, 0.25) is 0 Å². The summed E-state index contributed by atoms with van der Waals surface area (Å²) in [6.45, 7) is 2.37. The van der Waals surface area contributed by atoms with E-state index < -0.39 is 0 Å². The molecule has 0 aliphatic carbocycles. The van der Waals surface area contributed by atoms with Crippen molar-refractivity contribution < 1.29 is 13.9 Å². The van der Waals surface area contributed by atoms with Gasteiger partial charge in [0.1, 0.15) is 11.5 Å². The number of aromatic amines is 1. The molecule has 1 atom stereocenters. The average molecular weight is 366 g/mol. The maximum Gasteiger partial charge on any atom is 0.150 e. The van der Waals surface area contributed by atoms with Gasteiger partial charge in [-0.25, -0.2) is 4.39 Å². The lowest BCUT2D eigenvalue weighted by Gasteiger charge is -2.31. The summed E-state index contributed by atoms with van der Waals surface area (Å²) in [7, 11) is 1.53. The van der Waals surface area contributed by atoms with Gasteiger partial charge in [0.05, 0.1) is 12.6 Å².